The van der Waals surface area contributed by atoms with E-state index < -0.39 is 5.25 Å². The molecule has 0 aliphatic heterocycles. The highest BCUT2D eigenvalue weighted by molar-refractivity contribution is 8.00. The van der Waals surface area contributed by atoms with Crippen molar-refractivity contribution < 1.29 is 4.79 Å². The van der Waals surface area contributed by atoms with E-state index in [9.17, 15) is 4.79 Å². The lowest BCUT2D eigenvalue weighted by Gasteiger charge is -2.13. The van der Waals surface area contributed by atoms with Gasteiger partial charge in [-0.2, -0.15) is 0 Å². The van der Waals surface area contributed by atoms with Gasteiger partial charge in [0.2, 0.25) is 5.91 Å². The number of carbonyl (C=O) groups is 1. The summed E-state index contributed by atoms with van der Waals surface area (Å²) in [5.74, 6) is 0.522. The number of nitrogens with zero attached hydrogens (tertiary/aromatic N) is 4. The minimum atomic E-state index is -0.393. The first-order chi connectivity index (χ1) is 13.1. The number of anilines is 1. The quantitative estimate of drug-likeness (QED) is 0.473. The van der Waals surface area contributed by atoms with Gasteiger partial charge in [0.05, 0.1) is 16.0 Å². The number of carbonyl (C=O) groups excluding carboxylic acids is 1. The van der Waals surface area contributed by atoms with Crippen LogP contribution in [0.15, 0.2) is 66.6 Å². The average Bonchev–Trinajstić information content (AvgIpc) is 3.07. The fourth-order valence-electron chi connectivity index (χ4n) is 2.39. The fourth-order valence-corrected chi connectivity index (χ4v) is 3.43. The smallest absolute Gasteiger partial charge is 0.237 e. The topological polar surface area (TPSA) is 72.7 Å². The van der Waals surface area contributed by atoms with Crippen LogP contribution in [0, 0.1) is 0 Å². The number of para-hydroxylation sites is 1. The summed E-state index contributed by atoms with van der Waals surface area (Å²) in [6.45, 7) is 6.14. The highest BCUT2D eigenvalue weighted by Gasteiger charge is 2.21. The number of hydrogen-bond acceptors (Lipinski definition) is 5. The lowest BCUT2D eigenvalue weighted by atomic mass is 10.3. The number of amides is 1. The van der Waals surface area contributed by atoms with Gasteiger partial charge in [-0.05, 0) is 31.2 Å². The SMILES string of the molecule is C=CCn1c(S[C@@H](C)C(=O)Nc2ccccc2Cl)nnc1-c1cccnc1. The van der Waals surface area contributed by atoms with Crippen LogP contribution in [0.3, 0.4) is 0 Å². The minimum Gasteiger partial charge on any atom is -0.324 e. The molecule has 1 atom stereocenters. The van der Waals surface area contributed by atoms with Crippen LogP contribution in [0.1, 0.15) is 6.92 Å². The highest BCUT2D eigenvalue weighted by Crippen LogP contribution is 2.28. The van der Waals surface area contributed by atoms with Gasteiger partial charge in [-0.3, -0.25) is 14.3 Å². The molecular weight excluding hydrogens is 382 g/mol. The van der Waals surface area contributed by atoms with Crippen LogP contribution in [0.5, 0.6) is 0 Å². The molecule has 2 heterocycles. The zero-order valence-corrected chi connectivity index (χ0v) is 16.2. The van der Waals surface area contributed by atoms with Crippen molar-refractivity contribution in [2.24, 2.45) is 0 Å². The number of allylic oxidation sites excluding steroid dienone is 1. The Hall–Kier alpha value is -2.64. The number of nitrogens with one attached hydrogen (secondary N) is 1. The second-order valence-corrected chi connectivity index (χ2v) is 7.39. The Morgan fingerprint density at radius 3 is 2.85 bits per heavy atom. The first kappa shape index (κ1) is 19.1. The fraction of sp³-hybridized carbons (Fsp3) is 0.158. The normalized spacial score (nSPS) is 11.8. The summed E-state index contributed by atoms with van der Waals surface area (Å²) >= 11 is 7.43. The lowest BCUT2D eigenvalue weighted by Crippen LogP contribution is -2.23. The highest BCUT2D eigenvalue weighted by atomic mass is 35.5. The van der Waals surface area contributed by atoms with Crippen molar-refractivity contribution >= 4 is 35.0 Å². The number of benzene rings is 1. The second-order valence-electron chi connectivity index (χ2n) is 5.68. The molecule has 138 valence electrons. The summed E-state index contributed by atoms with van der Waals surface area (Å²) in [5.41, 5.74) is 1.44. The van der Waals surface area contributed by atoms with Crippen LogP contribution in [0.25, 0.3) is 11.4 Å². The third-order valence-electron chi connectivity index (χ3n) is 3.73. The van der Waals surface area contributed by atoms with E-state index in [0.29, 0.717) is 28.2 Å². The Labute approximate surface area is 166 Å². The molecule has 0 aliphatic carbocycles. The maximum absolute atomic E-state index is 12.5. The first-order valence-electron chi connectivity index (χ1n) is 8.26. The molecule has 8 heteroatoms. The van der Waals surface area contributed by atoms with Crippen LogP contribution in [-0.2, 0) is 11.3 Å². The number of rotatable bonds is 7. The Bertz CT molecular complexity index is 944. The Morgan fingerprint density at radius 1 is 1.33 bits per heavy atom. The van der Waals surface area contributed by atoms with E-state index in [1.54, 1.807) is 30.6 Å². The number of halogens is 1. The molecule has 0 spiro atoms. The average molecular weight is 400 g/mol. The molecule has 6 nitrogen and oxygen atoms in total. The van der Waals surface area contributed by atoms with Gasteiger partial charge in [0, 0.05) is 24.5 Å². The third kappa shape index (κ3) is 4.56. The second kappa shape index (κ2) is 8.83. The number of pyridine rings is 1. The molecule has 0 aliphatic rings. The molecule has 0 bridgehead atoms. The summed E-state index contributed by atoms with van der Waals surface area (Å²) in [4.78, 5) is 16.7. The predicted octanol–water partition coefficient (Wildman–Crippen LogP) is 4.30. The van der Waals surface area contributed by atoms with Crippen LogP contribution in [0.4, 0.5) is 5.69 Å². The summed E-state index contributed by atoms with van der Waals surface area (Å²) in [6, 6.07) is 10.9. The van der Waals surface area contributed by atoms with Gasteiger partial charge >= 0.3 is 0 Å². The van der Waals surface area contributed by atoms with Gasteiger partial charge < -0.3 is 5.32 Å². The molecule has 1 aromatic carbocycles. The van der Waals surface area contributed by atoms with Crippen LogP contribution < -0.4 is 5.32 Å². The maximum atomic E-state index is 12.5. The predicted molar refractivity (Wildman–Crippen MR) is 109 cm³/mol. The number of aromatic nitrogens is 4. The van der Waals surface area contributed by atoms with Crippen molar-refractivity contribution in [3.05, 3.63) is 66.5 Å². The Balaban J connectivity index is 1.78. The van der Waals surface area contributed by atoms with E-state index >= 15 is 0 Å². The van der Waals surface area contributed by atoms with Crippen molar-refractivity contribution in [2.45, 2.75) is 23.9 Å². The molecule has 0 saturated heterocycles. The molecule has 3 rings (SSSR count). The largest absolute Gasteiger partial charge is 0.324 e. The summed E-state index contributed by atoms with van der Waals surface area (Å²) in [7, 11) is 0. The van der Waals surface area contributed by atoms with Gasteiger partial charge in [-0.25, -0.2) is 0 Å². The van der Waals surface area contributed by atoms with Crippen molar-refractivity contribution in [3.8, 4) is 11.4 Å². The van der Waals surface area contributed by atoms with Crippen LogP contribution in [0.2, 0.25) is 5.02 Å². The van der Waals surface area contributed by atoms with Crippen LogP contribution in [-0.4, -0.2) is 30.9 Å². The molecule has 3 aromatic rings. The molecule has 27 heavy (non-hydrogen) atoms. The maximum Gasteiger partial charge on any atom is 0.237 e. The van der Waals surface area contributed by atoms with E-state index in [-0.39, 0.29) is 5.91 Å². The zero-order valence-electron chi connectivity index (χ0n) is 14.7. The molecule has 1 N–H and O–H groups in total. The van der Waals surface area contributed by atoms with E-state index in [1.807, 2.05) is 35.8 Å². The van der Waals surface area contributed by atoms with Crippen molar-refractivity contribution in [2.75, 3.05) is 5.32 Å². The van der Waals surface area contributed by atoms with Crippen molar-refractivity contribution in [1.29, 1.82) is 0 Å². The van der Waals surface area contributed by atoms with Crippen molar-refractivity contribution in [1.82, 2.24) is 19.7 Å². The van der Waals surface area contributed by atoms with Gasteiger partial charge in [-0.1, -0.05) is 41.6 Å². The molecule has 0 unspecified atom stereocenters. The Morgan fingerprint density at radius 2 is 2.15 bits per heavy atom. The lowest BCUT2D eigenvalue weighted by molar-refractivity contribution is -0.115. The molecule has 0 radical (unpaired) electrons. The van der Waals surface area contributed by atoms with Gasteiger partial charge in [0.1, 0.15) is 0 Å². The third-order valence-corrected chi connectivity index (χ3v) is 5.14. The Kier molecular flexibility index (Phi) is 6.26. The number of hydrogen-bond donors (Lipinski definition) is 1. The van der Waals surface area contributed by atoms with E-state index in [0.717, 1.165) is 5.56 Å². The summed E-state index contributed by atoms with van der Waals surface area (Å²) < 4.78 is 1.91. The monoisotopic (exact) mass is 399 g/mol. The van der Waals surface area contributed by atoms with E-state index in [2.05, 4.69) is 27.1 Å². The van der Waals surface area contributed by atoms with Crippen LogP contribution >= 0.6 is 23.4 Å². The van der Waals surface area contributed by atoms with Crippen molar-refractivity contribution in [3.63, 3.8) is 0 Å². The van der Waals surface area contributed by atoms with E-state index in [4.69, 9.17) is 11.6 Å². The first-order valence-corrected chi connectivity index (χ1v) is 9.52. The molecule has 2 aromatic heterocycles. The van der Waals surface area contributed by atoms with E-state index in [1.165, 1.54) is 11.8 Å². The number of thioether (sulfide) groups is 1. The minimum absolute atomic E-state index is 0.163. The van der Waals surface area contributed by atoms with Gasteiger partial charge in [0.15, 0.2) is 11.0 Å². The summed E-state index contributed by atoms with van der Waals surface area (Å²) in [5, 5.41) is 12.1. The molecule has 1 amide bonds. The summed E-state index contributed by atoms with van der Waals surface area (Å²) in [6.07, 6.45) is 5.20. The zero-order chi connectivity index (χ0) is 19.2. The molecule has 0 fully saturated rings. The standard InChI is InChI=1S/C19H18ClN5OS/c1-3-11-25-17(14-7-6-10-21-12-14)23-24-19(25)27-13(2)18(26)22-16-9-5-4-8-15(16)20/h3-10,12-13H,1,11H2,2H3,(H,22,26)/t13-/m0/s1. The van der Waals surface area contributed by atoms with Gasteiger partial charge in [0.25, 0.3) is 0 Å². The van der Waals surface area contributed by atoms with Gasteiger partial charge in [-0.15, -0.1) is 16.8 Å². The molecule has 0 saturated carbocycles. The molecular formula is C19H18ClN5OS.